The summed E-state index contributed by atoms with van der Waals surface area (Å²) in [6.45, 7) is 0.162. The largest absolute Gasteiger partial charge is 0.456 e. The SMILES string of the molecule is O=C1CC(c2ccccc2)CN1S(=O)(=O)c1ccc2oc3ccccc3c2c1. The van der Waals surface area contributed by atoms with Crippen molar-refractivity contribution in [1.29, 1.82) is 0 Å². The number of fused-ring (bicyclic) bond motifs is 3. The van der Waals surface area contributed by atoms with Crippen LogP contribution in [-0.4, -0.2) is 25.2 Å². The molecule has 0 bridgehead atoms. The predicted octanol–water partition coefficient (Wildman–Crippen LogP) is 4.29. The topological polar surface area (TPSA) is 67.6 Å². The van der Waals surface area contributed by atoms with Crippen molar-refractivity contribution in [1.82, 2.24) is 4.31 Å². The van der Waals surface area contributed by atoms with E-state index >= 15 is 0 Å². The molecule has 5 nitrogen and oxygen atoms in total. The van der Waals surface area contributed by atoms with E-state index < -0.39 is 10.0 Å². The molecule has 1 aliphatic heterocycles. The third kappa shape index (κ3) is 2.60. The lowest BCUT2D eigenvalue weighted by atomic mass is 9.99. The van der Waals surface area contributed by atoms with E-state index in [1.807, 2.05) is 54.6 Å². The van der Waals surface area contributed by atoms with E-state index in [4.69, 9.17) is 4.42 Å². The molecule has 1 fully saturated rings. The summed E-state index contributed by atoms with van der Waals surface area (Å²) in [5.74, 6) is -0.493. The maximum Gasteiger partial charge on any atom is 0.266 e. The molecule has 1 saturated heterocycles. The Morgan fingerprint density at radius 1 is 0.857 bits per heavy atom. The lowest BCUT2D eigenvalue weighted by Crippen LogP contribution is -2.32. The Morgan fingerprint density at radius 2 is 1.57 bits per heavy atom. The fourth-order valence-electron chi connectivity index (χ4n) is 3.85. The number of hydrogen-bond acceptors (Lipinski definition) is 4. The van der Waals surface area contributed by atoms with E-state index in [2.05, 4.69) is 0 Å². The van der Waals surface area contributed by atoms with Gasteiger partial charge in [0.05, 0.1) is 4.90 Å². The van der Waals surface area contributed by atoms with Gasteiger partial charge in [-0.1, -0.05) is 48.5 Å². The number of sulfonamides is 1. The molecule has 1 aliphatic rings. The first-order valence-electron chi connectivity index (χ1n) is 9.06. The molecular weight excluding hydrogens is 374 g/mol. The van der Waals surface area contributed by atoms with Crippen molar-refractivity contribution < 1.29 is 17.6 Å². The lowest BCUT2D eigenvalue weighted by molar-refractivity contribution is -0.123. The average molecular weight is 391 g/mol. The Balaban J connectivity index is 1.55. The van der Waals surface area contributed by atoms with Crippen molar-refractivity contribution in [2.24, 2.45) is 0 Å². The smallest absolute Gasteiger partial charge is 0.266 e. The van der Waals surface area contributed by atoms with Crippen molar-refractivity contribution in [3.63, 3.8) is 0 Å². The molecular formula is C22H17NO4S. The van der Waals surface area contributed by atoms with Crippen molar-refractivity contribution in [3.05, 3.63) is 78.4 Å². The van der Waals surface area contributed by atoms with Gasteiger partial charge < -0.3 is 4.42 Å². The minimum absolute atomic E-state index is 0.105. The van der Waals surface area contributed by atoms with Crippen molar-refractivity contribution >= 4 is 37.9 Å². The maximum absolute atomic E-state index is 13.2. The molecule has 1 aromatic heterocycles. The highest BCUT2D eigenvalue weighted by Crippen LogP contribution is 2.34. The van der Waals surface area contributed by atoms with E-state index in [1.165, 1.54) is 6.07 Å². The molecule has 0 saturated carbocycles. The Bertz CT molecular complexity index is 1310. The number of carbonyl (C=O) groups excluding carboxylic acids is 1. The predicted molar refractivity (Wildman–Crippen MR) is 106 cm³/mol. The van der Waals surface area contributed by atoms with Crippen LogP contribution >= 0.6 is 0 Å². The molecule has 4 aromatic rings. The van der Waals surface area contributed by atoms with Crippen LogP contribution in [0.2, 0.25) is 0 Å². The summed E-state index contributed by atoms with van der Waals surface area (Å²) in [6, 6.07) is 21.8. The molecule has 0 N–H and O–H groups in total. The van der Waals surface area contributed by atoms with Crippen LogP contribution in [0.4, 0.5) is 0 Å². The highest BCUT2D eigenvalue weighted by atomic mass is 32.2. The first-order valence-corrected chi connectivity index (χ1v) is 10.5. The Hall–Kier alpha value is -3.12. The molecule has 0 radical (unpaired) electrons. The van der Waals surface area contributed by atoms with Crippen molar-refractivity contribution in [3.8, 4) is 0 Å². The molecule has 28 heavy (non-hydrogen) atoms. The molecule has 6 heteroatoms. The van der Waals surface area contributed by atoms with Gasteiger partial charge in [-0.3, -0.25) is 4.79 Å². The van der Waals surface area contributed by atoms with E-state index in [1.54, 1.807) is 12.1 Å². The van der Waals surface area contributed by atoms with Gasteiger partial charge in [0, 0.05) is 29.7 Å². The van der Waals surface area contributed by atoms with Gasteiger partial charge in [-0.25, -0.2) is 12.7 Å². The fourth-order valence-corrected chi connectivity index (χ4v) is 5.33. The van der Waals surface area contributed by atoms with Gasteiger partial charge in [0.25, 0.3) is 10.0 Å². The van der Waals surface area contributed by atoms with Crippen LogP contribution in [0, 0.1) is 0 Å². The van der Waals surface area contributed by atoms with Crippen LogP contribution in [0.3, 0.4) is 0 Å². The summed E-state index contributed by atoms with van der Waals surface area (Å²) >= 11 is 0. The third-order valence-corrected chi connectivity index (χ3v) is 7.08. The monoisotopic (exact) mass is 391 g/mol. The van der Waals surface area contributed by atoms with Crippen molar-refractivity contribution in [2.45, 2.75) is 17.2 Å². The zero-order valence-corrected chi connectivity index (χ0v) is 15.7. The van der Waals surface area contributed by atoms with E-state index in [0.717, 1.165) is 20.6 Å². The van der Waals surface area contributed by atoms with E-state index in [-0.39, 0.29) is 29.7 Å². The van der Waals surface area contributed by atoms with Gasteiger partial charge in [-0.15, -0.1) is 0 Å². The van der Waals surface area contributed by atoms with Crippen LogP contribution in [-0.2, 0) is 14.8 Å². The quantitative estimate of drug-likeness (QED) is 0.522. The lowest BCUT2D eigenvalue weighted by Gasteiger charge is -2.17. The van der Waals surface area contributed by atoms with Gasteiger partial charge >= 0.3 is 0 Å². The summed E-state index contributed by atoms with van der Waals surface area (Å²) in [5, 5.41) is 1.58. The maximum atomic E-state index is 13.2. The molecule has 0 aliphatic carbocycles. The van der Waals surface area contributed by atoms with Gasteiger partial charge in [-0.2, -0.15) is 0 Å². The number of nitrogens with zero attached hydrogens (tertiary/aromatic N) is 1. The first kappa shape index (κ1) is 17.0. The highest BCUT2D eigenvalue weighted by Gasteiger charge is 2.39. The summed E-state index contributed by atoms with van der Waals surface area (Å²) in [7, 11) is -3.92. The molecule has 5 rings (SSSR count). The number of amides is 1. The standard InChI is InChI=1S/C22H17NO4S/c24-22-12-16(15-6-2-1-3-7-15)14-23(22)28(25,26)17-10-11-21-19(13-17)18-8-4-5-9-20(18)27-21/h1-11,13,16H,12,14H2. The van der Waals surface area contributed by atoms with Crippen LogP contribution in [0.25, 0.3) is 21.9 Å². The number of para-hydroxylation sites is 1. The minimum Gasteiger partial charge on any atom is -0.456 e. The average Bonchev–Trinajstić information content (AvgIpc) is 3.29. The Labute approximate surface area is 162 Å². The molecule has 1 amide bonds. The number of hydrogen-bond donors (Lipinski definition) is 0. The zero-order chi connectivity index (χ0) is 19.3. The summed E-state index contributed by atoms with van der Waals surface area (Å²) in [6.07, 6.45) is 0.195. The van der Waals surface area contributed by atoms with Gasteiger partial charge in [0.15, 0.2) is 0 Å². The second kappa shape index (κ2) is 6.21. The van der Waals surface area contributed by atoms with Crippen molar-refractivity contribution in [2.75, 3.05) is 6.54 Å². The first-order chi connectivity index (χ1) is 13.5. The summed E-state index contributed by atoms with van der Waals surface area (Å²) in [5.41, 5.74) is 2.30. The molecule has 3 aromatic carbocycles. The summed E-state index contributed by atoms with van der Waals surface area (Å²) < 4.78 is 33.2. The van der Waals surface area contributed by atoms with E-state index in [9.17, 15) is 13.2 Å². The van der Waals surface area contributed by atoms with Crippen LogP contribution < -0.4 is 0 Å². The second-order valence-corrected chi connectivity index (χ2v) is 8.86. The van der Waals surface area contributed by atoms with Gasteiger partial charge in [0.2, 0.25) is 5.91 Å². The fraction of sp³-hybridized carbons (Fsp3) is 0.136. The third-order valence-electron chi connectivity index (χ3n) is 5.29. The van der Waals surface area contributed by atoms with Crippen LogP contribution in [0.1, 0.15) is 17.9 Å². The molecule has 2 heterocycles. The highest BCUT2D eigenvalue weighted by molar-refractivity contribution is 7.89. The van der Waals surface area contributed by atoms with Crippen LogP contribution in [0.15, 0.2) is 82.1 Å². The minimum atomic E-state index is -3.92. The zero-order valence-electron chi connectivity index (χ0n) is 14.9. The number of rotatable bonds is 3. The van der Waals surface area contributed by atoms with Gasteiger partial charge in [0.1, 0.15) is 11.2 Å². The molecule has 1 atom stereocenters. The normalized spacial score (nSPS) is 17.6. The Morgan fingerprint density at radius 3 is 2.39 bits per heavy atom. The van der Waals surface area contributed by atoms with Crippen LogP contribution in [0.5, 0.6) is 0 Å². The number of carbonyl (C=O) groups is 1. The molecule has 0 spiro atoms. The molecule has 140 valence electrons. The molecule has 1 unspecified atom stereocenters. The number of benzene rings is 3. The summed E-state index contributed by atoms with van der Waals surface area (Å²) in [4.78, 5) is 12.6. The van der Waals surface area contributed by atoms with Gasteiger partial charge in [-0.05, 0) is 29.8 Å². The van der Waals surface area contributed by atoms with E-state index in [0.29, 0.717) is 11.2 Å². The number of furan rings is 1. The Kier molecular flexibility index (Phi) is 3.77. The second-order valence-electron chi connectivity index (χ2n) is 7.00.